The first-order chi connectivity index (χ1) is 11.1. The fraction of sp³-hybridized carbons (Fsp3) is 0.167. The number of nitrogens with zero attached hydrogens (tertiary/aromatic N) is 4. The van der Waals surface area contributed by atoms with Gasteiger partial charge < -0.3 is 0 Å². The Morgan fingerprint density at radius 1 is 0.870 bits per heavy atom. The van der Waals surface area contributed by atoms with Gasteiger partial charge in [0, 0.05) is 11.1 Å². The molecule has 0 aliphatic heterocycles. The Labute approximate surface area is 138 Å². The summed E-state index contributed by atoms with van der Waals surface area (Å²) in [6, 6.07) is 14.7. The fourth-order valence-electron chi connectivity index (χ4n) is 2.66. The van der Waals surface area contributed by atoms with Crippen molar-refractivity contribution >= 4 is 16.3 Å². The van der Waals surface area contributed by atoms with Crippen molar-refractivity contribution in [1.82, 2.24) is 19.8 Å². The quantitative estimate of drug-likeness (QED) is 0.548. The van der Waals surface area contributed by atoms with E-state index in [-0.39, 0.29) is 0 Å². The van der Waals surface area contributed by atoms with Crippen molar-refractivity contribution in [2.45, 2.75) is 20.8 Å². The van der Waals surface area contributed by atoms with Gasteiger partial charge in [-0.3, -0.25) is 0 Å². The molecule has 0 N–H and O–H groups in total. The summed E-state index contributed by atoms with van der Waals surface area (Å²) in [6.07, 6.45) is 0. The van der Waals surface area contributed by atoms with Gasteiger partial charge in [0.15, 0.2) is 5.82 Å². The molecule has 2 aromatic heterocycles. The van der Waals surface area contributed by atoms with Crippen LogP contribution in [0.2, 0.25) is 0 Å². The van der Waals surface area contributed by atoms with Crippen molar-refractivity contribution in [3.8, 4) is 22.0 Å². The minimum atomic E-state index is 0.785. The third-order valence-electron chi connectivity index (χ3n) is 3.91. The van der Waals surface area contributed by atoms with Gasteiger partial charge in [-0.05, 0) is 26.3 Å². The van der Waals surface area contributed by atoms with Crippen LogP contribution in [0.1, 0.15) is 16.7 Å². The molecule has 0 radical (unpaired) electrons. The lowest BCUT2D eigenvalue weighted by Crippen LogP contribution is -1.92. The van der Waals surface area contributed by atoms with E-state index in [0.29, 0.717) is 0 Å². The van der Waals surface area contributed by atoms with Crippen molar-refractivity contribution in [2.24, 2.45) is 0 Å². The lowest BCUT2D eigenvalue weighted by atomic mass is 10.1. The summed E-state index contributed by atoms with van der Waals surface area (Å²) >= 11 is 1.57. The topological polar surface area (TPSA) is 43.1 Å². The van der Waals surface area contributed by atoms with Gasteiger partial charge in [-0.2, -0.15) is 9.61 Å². The molecule has 0 unspecified atom stereocenters. The Kier molecular flexibility index (Phi) is 3.23. The Balaban J connectivity index is 1.84. The lowest BCUT2D eigenvalue weighted by molar-refractivity contribution is 0.969. The van der Waals surface area contributed by atoms with Crippen molar-refractivity contribution in [2.75, 3.05) is 0 Å². The van der Waals surface area contributed by atoms with E-state index < -0.39 is 0 Å². The van der Waals surface area contributed by atoms with Crippen LogP contribution in [0, 0.1) is 20.8 Å². The van der Waals surface area contributed by atoms with E-state index in [2.05, 4.69) is 73.4 Å². The van der Waals surface area contributed by atoms with Gasteiger partial charge in [0.05, 0.1) is 0 Å². The molecule has 0 fully saturated rings. The van der Waals surface area contributed by atoms with E-state index in [1.165, 1.54) is 16.7 Å². The molecule has 2 heterocycles. The zero-order valence-electron chi connectivity index (χ0n) is 13.2. The number of hydrogen-bond donors (Lipinski definition) is 0. The molecule has 2 aromatic carbocycles. The predicted octanol–water partition coefficient (Wildman–Crippen LogP) is 4.45. The second-order valence-corrected chi connectivity index (χ2v) is 6.77. The molecule has 0 aliphatic carbocycles. The minimum absolute atomic E-state index is 0.785. The number of hydrogen-bond acceptors (Lipinski definition) is 4. The second-order valence-electron chi connectivity index (χ2n) is 5.81. The molecular formula is C18H16N4S. The summed E-state index contributed by atoms with van der Waals surface area (Å²) in [5.41, 5.74) is 5.90. The van der Waals surface area contributed by atoms with Gasteiger partial charge in [-0.1, -0.05) is 64.9 Å². The van der Waals surface area contributed by atoms with Crippen LogP contribution in [0.15, 0.2) is 42.5 Å². The average molecular weight is 320 g/mol. The van der Waals surface area contributed by atoms with Gasteiger partial charge >= 0.3 is 0 Å². The van der Waals surface area contributed by atoms with Crippen molar-refractivity contribution in [1.29, 1.82) is 0 Å². The van der Waals surface area contributed by atoms with E-state index in [1.807, 2.05) is 4.52 Å². The van der Waals surface area contributed by atoms with Gasteiger partial charge in [-0.15, -0.1) is 10.2 Å². The van der Waals surface area contributed by atoms with Crippen molar-refractivity contribution < 1.29 is 0 Å². The predicted molar refractivity (Wildman–Crippen MR) is 93.7 cm³/mol. The molecule has 0 atom stereocenters. The zero-order valence-corrected chi connectivity index (χ0v) is 14.1. The number of benzene rings is 2. The summed E-state index contributed by atoms with van der Waals surface area (Å²) < 4.78 is 1.84. The highest BCUT2D eigenvalue weighted by atomic mass is 32.1. The van der Waals surface area contributed by atoms with E-state index in [9.17, 15) is 0 Å². The van der Waals surface area contributed by atoms with Crippen LogP contribution in [0.5, 0.6) is 0 Å². The monoisotopic (exact) mass is 320 g/mol. The summed E-state index contributed by atoms with van der Waals surface area (Å²) in [4.78, 5) is 0.815. The maximum absolute atomic E-state index is 4.74. The Morgan fingerprint density at radius 2 is 1.61 bits per heavy atom. The third-order valence-corrected chi connectivity index (χ3v) is 4.85. The molecule has 4 nitrogen and oxygen atoms in total. The largest absolute Gasteiger partial charge is 0.235 e. The van der Waals surface area contributed by atoms with Crippen molar-refractivity contribution in [3.05, 3.63) is 59.2 Å². The molecule has 0 saturated heterocycles. The van der Waals surface area contributed by atoms with Gasteiger partial charge in [0.2, 0.25) is 4.96 Å². The molecule has 0 amide bonds. The summed E-state index contributed by atoms with van der Waals surface area (Å²) in [5, 5.41) is 14.3. The highest BCUT2D eigenvalue weighted by Gasteiger charge is 2.15. The van der Waals surface area contributed by atoms with Crippen LogP contribution < -0.4 is 0 Å². The average Bonchev–Trinajstić information content (AvgIpc) is 3.08. The maximum atomic E-state index is 4.74. The molecule has 0 bridgehead atoms. The molecule has 114 valence electrons. The molecule has 0 spiro atoms. The van der Waals surface area contributed by atoms with Crippen LogP contribution in [-0.2, 0) is 0 Å². The third kappa shape index (κ3) is 2.43. The number of rotatable bonds is 2. The van der Waals surface area contributed by atoms with Gasteiger partial charge in [-0.25, -0.2) is 0 Å². The first kappa shape index (κ1) is 14.1. The second kappa shape index (κ2) is 5.28. The van der Waals surface area contributed by atoms with Gasteiger partial charge in [0.1, 0.15) is 5.01 Å². The molecule has 0 saturated carbocycles. The fourth-order valence-corrected chi connectivity index (χ4v) is 3.59. The van der Waals surface area contributed by atoms with E-state index in [1.54, 1.807) is 11.3 Å². The number of aromatic nitrogens is 4. The highest BCUT2D eigenvalue weighted by molar-refractivity contribution is 7.19. The van der Waals surface area contributed by atoms with Crippen molar-refractivity contribution in [3.63, 3.8) is 0 Å². The van der Waals surface area contributed by atoms with Crippen LogP contribution in [0.4, 0.5) is 0 Å². The van der Waals surface area contributed by atoms with Crippen LogP contribution in [-0.4, -0.2) is 19.8 Å². The first-order valence-electron chi connectivity index (χ1n) is 7.49. The van der Waals surface area contributed by atoms with Gasteiger partial charge in [0.25, 0.3) is 0 Å². The smallest absolute Gasteiger partial charge is 0.182 e. The zero-order chi connectivity index (χ0) is 16.0. The van der Waals surface area contributed by atoms with Crippen LogP contribution >= 0.6 is 11.3 Å². The van der Waals surface area contributed by atoms with E-state index in [0.717, 1.165) is 26.9 Å². The summed E-state index contributed by atoms with van der Waals surface area (Å²) in [5.74, 6) is 0.785. The lowest BCUT2D eigenvalue weighted by Gasteiger charge is -2.02. The maximum Gasteiger partial charge on any atom is 0.235 e. The molecule has 4 aromatic rings. The Hall–Kier alpha value is -2.53. The molecule has 0 aliphatic rings. The minimum Gasteiger partial charge on any atom is -0.182 e. The summed E-state index contributed by atoms with van der Waals surface area (Å²) in [6.45, 7) is 6.29. The normalized spacial score (nSPS) is 11.3. The molecule has 23 heavy (non-hydrogen) atoms. The molecule has 5 heteroatoms. The molecule has 4 rings (SSSR count). The van der Waals surface area contributed by atoms with Crippen LogP contribution in [0.25, 0.3) is 26.9 Å². The van der Waals surface area contributed by atoms with Crippen LogP contribution in [0.3, 0.4) is 0 Å². The first-order valence-corrected chi connectivity index (χ1v) is 8.30. The number of fused-ring (bicyclic) bond motifs is 1. The van der Waals surface area contributed by atoms with E-state index in [4.69, 9.17) is 5.10 Å². The van der Waals surface area contributed by atoms with E-state index >= 15 is 0 Å². The summed E-state index contributed by atoms with van der Waals surface area (Å²) in [7, 11) is 0. The highest BCUT2D eigenvalue weighted by Crippen LogP contribution is 2.30. The Morgan fingerprint density at radius 3 is 2.35 bits per heavy atom. The number of aryl methyl sites for hydroxylation is 3. The standard InChI is InChI=1S/C18H16N4S/c1-11-4-7-14(8-5-11)16-19-20-18-22(16)21-17(23-18)15-9-6-12(2)10-13(15)3/h4-10H,1-3H3. The SMILES string of the molecule is Cc1ccc(-c2nnc3sc(-c4ccc(C)cc4C)nn23)cc1. The Bertz CT molecular complexity index is 996. The molecular weight excluding hydrogens is 304 g/mol.